The van der Waals surface area contributed by atoms with Gasteiger partial charge < -0.3 is 5.11 Å². The van der Waals surface area contributed by atoms with Crippen LogP contribution in [0.2, 0.25) is 5.02 Å². The fraction of sp³-hybridized carbons (Fsp3) is 0.533. The molecule has 1 aromatic carbocycles. The fourth-order valence-corrected chi connectivity index (χ4v) is 3.37. The molecule has 0 radical (unpaired) electrons. The van der Waals surface area contributed by atoms with Crippen LogP contribution in [0.15, 0.2) is 22.7 Å². The predicted molar refractivity (Wildman–Crippen MR) is 84.1 cm³/mol. The van der Waals surface area contributed by atoms with Crippen molar-refractivity contribution in [2.75, 3.05) is 0 Å². The molecule has 0 aliphatic heterocycles. The van der Waals surface area contributed by atoms with Crippen LogP contribution in [0.5, 0.6) is 0 Å². The summed E-state index contributed by atoms with van der Waals surface area (Å²) < 4.78 is 0.905. The average molecular weight is 361 g/mol. The van der Waals surface area contributed by atoms with Crippen LogP contribution in [0.3, 0.4) is 0 Å². The minimum absolute atomic E-state index is 0.0795. The maximum Gasteiger partial charge on any atom is 0.408 e. The minimum atomic E-state index is -0.881. The van der Waals surface area contributed by atoms with E-state index in [1.807, 2.05) is 12.1 Å². The van der Waals surface area contributed by atoms with Gasteiger partial charge in [0.2, 0.25) is 0 Å². The first kappa shape index (κ1) is 15.6. The van der Waals surface area contributed by atoms with E-state index in [0.29, 0.717) is 11.6 Å². The molecular weight excluding hydrogens is 342 g/mol. The summed E-state index contributed by atoms with van der Waals surface area (Å²) in [5.74, 6) is 0. The van der Waals surface area contributed by atoms with Crippen LogP contribution in [-0.2, 0) is 6.54 Å². The standard InChI is InChI=1S/C15H19BrClNO2/c1-14(2,3)15(6-7-15)18(13(19)20)9-10-8-11(16)4-5-12(10)17/h4-5,8H,6-7,9H2,1-3H3,(H,19,20). The molecule has 0 unspecified atom stereocenters. The highest BCUT2D eigenvalue weighted by molar-refractivity contribution is 9.10. The smallest absolute Gasteiger partial charge is 0.408 e. The molecule has 1 N–H and O–H groups in total. The highest BCUT2D eigenvalue weighted by Gasteiger charge is 2.57. The van der Waals surface area contributed by atoms with Gasteiger partial charge in [0, 0.05) is 9.50 Å². The van der Waals surface area contributed by atoms with Gasteiger partial charge in [-0.05, 0) is 42.0 Å². The van der Waals surface area contributed by atoms with Crippen molar-refractivity contribution in [3.05, 3.63) is 33.3 Å². The lowest BCUT2D eigenvalue weighted by molar-refractivity contribution is 0.0630. The Morgan fingerprint density at radius 1 is 1.45 bits per heavy atom. The molecule has 5 heteroatoms. The van der Waals surface area contributed by atoms with E-state index in [0.717, 1.165) is 22.9 Å². The van der Waals surface area contributed by atoms with Crippen LogP contribution >= 0.6 is 27.5 Å². The average Bonchev–Trinajstić information content (AvgIpc) is 3.10. The maximum absolute atomic E-state index is 11.7. The van der Waals surface area contributed by atoms with Crippen molar-refractivity contribution in [2.24, 2.45) is 5.41 Å². The first-order chi connectivity index (χ1) is 9.17. The number of hydrogen-bond acceptors (Lipinski definition) is 1. The van der Waals surface area contributed by atoms with Crippen LogP contribution in [0, 0.1) is 5.41 Å². The molecule has 0 heterocycles. The van der Waals surface area contributed by atoms with E-state index in [1.165, 1.54) is 0 Å². The van der Waals surface area contributed by atoms with E-state index >= 15 is 0 Å². The Hall–Kier alpha value is -0.740. The molecule has 1 aliphatic carbocycles. The Kier molecular flexibility index (Phi) is 4.09. The predicted octanol–water partition coefficient (Wildman–Crippen LogP) is 5.16. The Balaban J connectivity index is 2.32. The van der Waals surface area contributed by atoms with Gasteiger partial charge in [0.1, 0.15) is 0 Å². The lowest BCUT2D eigenvalue weighted by atomic mass is 9.83. The van der Waals surface area contributed by atoms with Gasteiger partial charge in [0.15, 0.2) is 0 Å². The van der Waals surface area contributed by atoms with Gasteiger partial charge in [-0.3, -0.25) is 4.90 Å². The molecule has 1 amide bonds. The number of halogens is 2. The second-order valence-electron chi connectivity index (χ2n) is 6.39. The first-order valence-electron chi connectivity index (χ1n) is 6.62. The largest absolute Gasteiger partial charge is 0.465 e. The maximum atomic E-state index is 11.7. The zero-order chi connectivity index (χ0) is 15.1. The lowest BCUT2D eigenvalue weighted by Gasteiger charge is -2.39. The van der Waals surface area contributed by atoms with E-state index in [1.54, 1.807) is 11.0 Å². The van der Waals surface area contributed by atoms with Gasteiger partial charge in [-0.15, -0.1) is 0 Å². The quantitative estimate of drug-likeness (QED) is 0.808. The number of carboxylic acid groups (broad SMARTS) is 1. The molecule has 0 saturated heterocycles. The van der Waals surface area contributed by atoms with Crippen LogP contribution in [0.25, 0.3) is 0 Å². The molecule has 0 atom stereocenters. The summed E-state index contributed by atoms with van der Waals surface area (Å²) in [4.78, 5) is 13.3. The highest BCUT2D eigenvalue weighted by Crippen LogP contribution is 2.54. The Morgan fingerprint density at radius 2 is 2.05 bits per heavy atom. The molecule has 0 bridgehead atoms. The molecule has 1 aliphatic rings. The van der Waals surface area contributed by atoms with E-state index in [-0.39, 0.29) is 11.0 Å². The van der Waals surface area contributed by atoms with Crippen molar-refractivity contribution >= 4 is 33.6 Å². The topological polar surface area (TPSA) is 40.5 Å². The molecular formula is C15H19BrClNO2. The van der Waals surface area contributed by atoms with Crippen molar-refractivity contribution in [1.82, 2.24) is 4.90 Å². The third kappa shape index (κ3) is 2.82. The molecule has 3 nitrogen and oxygen atoms in total. The summed E-state index contributed by atoms with van der Waals surface area (Å²) in [6.45, 7) is 6.61. The molecule has 2 rings (SSSR count). The van der Waals surface area contributed by atoms with Gasteiger partial charge >= 0.3 is 6.09 Å². The molecule has 0 aromatic heterocycles. The second kappa shape index (κ2) is 5.23. The van der Waals surface area contributed by atoms with Crippen molar-refractivity contribution in [1.29, 1.82) is 0 Å². The highest BCUT2D eigenvalue weighted by atomic mass is 79.9. The number of rotatable bonds is 3. The molecule has 1 saturated carbocycles. The first-order valence-corrected chi connectivity index (χ1v) is 7.79. The summed E-state index contributed by atoms with van der Waals surface area (Å²) in [5, 5.41) is 10.2. The third-order valence-electron chi connectivity index (χ3n) is 4.20. The summed E-state index contributed by atoms with van der Waals surface area (Å²) in [7, 11) is 0. The summed E-state index contributed by atoms with van der Waals surface area (Å²) in [6, 6.07) is 5.53. The summed E-state index contributed by atoms with van der Waals surface area (Å²) >= 11 is 9.59. The number of carbonyl (C=O) groups is 1. The molecule has 1 aromatic rings. The lowest BCUT2D eigenvalue weighted by Crippen LogP contribution is -2.48. The minimum Gasteiger partial charge on any atom is -0.465 e. The van der Waals surface area contributed by atoms with Gasteiger partial charge in [0.05, 0.1) is 12.1 Å². The van der Waals surface area contributed by atoms with Gasteiger partial charge in [-0.25, -0.2) is 4.79 Å². The van der Waals surface area contributed by atoms with Crippen LogP contribution in [-0.4, -0.2) is 21.6 Å². The van der Waals surface area contributed by atoms with Crippen molar-refractivity contribution in [3.63, 3.8) is 0 Å². The number of benzene rings is 1. The molecule has 20 heavy (non-hydrogen) atoms. The van der Waals surface area contributed by atoms with Gasteiger partial charge in [0.25, 0.3) is 0 Å². The SMILES string of the molecule is CC(C)(C)C1(N(Cc2cc(Br)ccc2Cl)C(=O)O)CC1. The van der Waals surface area contributed by atoms with Crippen LogP contribution in [0.4, 0.5) is 4.79 Å². The molecule has 0 spiro atoms. The Bertz CT molecular complexity index is 535. The summed E-state index contributed by atoms with van der Waals surface area (Å²) in [5.41, 5.74) is 0.480. The normalized spacial score (nSPS) is 16.9. The Labute approximate surface area is 133 Å². The van der Waals surface area contributed by atoms with Crippen molar-refractivity contribution < 1.29 is 9.90 Å². The number of amides is 1. The van der Waals surface area contributed by atoms with E-state index < -0.39 is 6.09 Å². The van der Waals surface area contributed by atoms with Crippen LogP contribution in [0.1, 0.15) is 39.2 Å². The second-order valence-corrected chi connectivity index (χ2v) is 7.71. The monoisotopic (exact) mass is 359 g/mol. The zero-order valence-electron chi connectivity index (χ0n) is 11.9. The third-order valence-corrected chi connectivity index (χ3v) is 5.07. The summed E-state index contributed by atoms with van der Waals surface area (Å²) in [6.07, 6.45) is 0.941. The van der Waals surface area contributed by atoms with Crippen LogP contribution < -0.4 is 0 Å². The van der Waals surface area contributed by atoms with Gasteiger partial charge in [-0.1, -0.05) is 48.3 Å². The number of hydrogen-bond donors (Lipinski definition) is 1. The fourth-order valence-electron chi connectivity index (χ4n) is 2.78. The van der Waals surface area contributed by atoms with Crippen molar-refractivity contribution in [3.8, 4) is 0 Å². The van der Waals surface area contributed by atoms with E-state index in [2.05, 4.69) is 36.7 Å². The van der Waals surface area contributed by atoms with E-state index in [4.69, 9.17) is 11.6 Å². The molecule has 1 fully saturated rings. The van der Waals surface area contributed by atoms with E-state index in [9.17, 15) is 9.90 Å². The number of nitrogens with zero attached hydrogens (tertiary/aromatic N) is 1. The van der Waals surface area contributed by atoms with Crippen molar-refractivity contribution in [2.45, 2.75) is 45.7 Å². The van der Waals surface area contributed by atoms with Gasteiger partial charge in [-0.2, -0.15) is 0 Å². The zero-order valence-corrected chi connectivity index (χ0v) is 14.3. The Morgan fingerprint density at radius 3 is 2.50 bits per heavy atom. The molecule has 110 valence electrons.